The van der Waals surface area contributed by atoms with E-state index in [1.807, 2.05) is 19.9 Å². The van der Waals surface area contributed by atoms with Crippen molar-refractivity contribution in [3.05, 3.63) is 57.2 Å². The first-order valence-corrected chi connectivity index (χ1v) is 8.64. The second kappa shape index (κ2) is 7.35. The van der Waals surface area contributed by atoms with E-state index in [-0.39, 0.29) is 11.1 Å². The number of hydrogen-bond donors (Lipinski definition) is 1. The molecule has 0 saturated heterocycles. The van der Waals surface area contributed by atoms with Crippen LogP contribution in [0, 0.1) is 13.8 Å². The highest BCUT2D eigenvalue weighted by molar-refractivity contribution is 9.10. The second-order valence-electron chi connectivity index (χ2n) is 6.82. The molecule has 0 unspecified atom stereocenters. The van der Waals surface area contributed by atoms with E-state index < -0.39 is 17.5 Å². The lowest BCUT2D eigenvalue weighted by Crippen LogP contribution is -2.26. The molecule has 132 valence electrons. The molecule has 0 fully saturated rings. The number of rotatable bonds is 3. The third-order valence-electron chi connectivity index (χ3n) is 3.18. The number of amides is 1. The van der Waals surface area contributed by atoms with Crippen molar-refractivity contribution in [3.8, 4) is 0 Å². The molecule has 0 radical (unpaired) electrons. The van der Waals surface area contributed by atoms with Crippen LogP contribution in [0.4, 0.5) is 5.82 Å². The molecule has 1 N–H and O–H groups in total. The summed E-state index contributed by atoms with van der Waals surface area (Å²) in [5.41, 5.74) is 1.58. The first-order valence-electron chi connectivity index (χ1n) is 7.85. The first kappa shape index (κ1) is 19.1. The third-order valence-corrected chi connectivity index (χ3v) is 3.68. The normalized spacial score (nSPS) is 11.1. The van der Waals surface area contributed by atoms with Gasteiger partial charge in [-0.05, 0) is 70.5 Å². The van der Waals surface area contributed by atoms with Crippen LogP contribution < -0.4 is 5.32 Å². The molecule has 0 spiro atoms. The first-order chi connectivity index (χ1) is 11.5. The fraction of sp³-hybridized carbons (Fsp3) is 0.316. The maximum absolute atomic E-state index is 12.7. The molecule has 0 aliphatic carbocycles. The maximum atomic E-state index is 12.7. The fourth-order valence-corrected chi connectivity index (χ4v) is 2.67. The van der Waals surface area contributed by atoms with Crippen LogP contribution in [0.15, 0.2) is 34.8 Å². The summed E-state index contributed by atoms with van der Waals surface area (Å²) >= 11 is 3.34. The highest BCUT2D eigenvalue weighted by atomic mass is 79.9. The zero-order valence-electron chi connectivity index (χ0n) is 14.9. The third kappa shape index (κ3) is 5.39. The molecule has 0 saturated carbocycles. The number of aromatic nitrogens is 1. The van der Waals surface area contributed by atoms with Crippen molar-refractivity contribution in [2.45, 2.75) is 40.2 Å². The van der Waals surface area contributed by atoms with Crippen LogP contribution in [0.25, 0.3) is 0 Å². The molecule has 0 aliphatic heterocycles. The van der Waals surface area contributed by atoms with Gasteiger partial charge in [-0.15, -0.1) is 0 Å². The van der Waals surface area contributed by atoms with E-state index in [1.165, 1.54) is 0 Å². The lowest BCUT2D eigenvalue weighted by molar-refractivity contribution is 0.00678. The number of benzene rings is 1. The number of esters is 1. The molecule has 1 aromatic heterocycles. The Labute approximate surface area is 155 Å². The number of hydrogen-bond acceptors (Lipinski definition) is 4. The van der Waals surface area contributed by atoms with Gasteiger partial charge in [-0.1, -0.05) is 15.9 Å². The monoisotopic (exact) mass is 404 g/mol. The number of carbonyl (C=O) groups is 2. The zero-order valence-corrected chi connectivity index (χ0v) is 16.5. The van der Waals surface area contributed by atoms with Gasteiger partial charge >= 0.3 is 5.97 Å². The van der Waals surface area contributed by atoms with Crippen LogP contribution in [0.1, 0.15) is 52.7 Å². The van der Waals surface area contributed by atoms with E-state index in [2.05, 4.69) is 26.2 Å². The Morgan fingerprint density at radius 3 is 2.36 bits per heavy atom. The number of nitrogens with one attached hydrogen (secondary N) is 1. The summed E-state index contributed by atoms with van der Waals surface area (Å²) in [4.78, 5) is 29.4. The Morgan fingerprint density at radius 1 is 1.08 bits per heavy atom. The molecule has 1 aromatic carbocycles. The highest BCUT2D eigenvalue weighted by Gasteiger charge is 2.23. The molecule has 25 heavy (non-hydrogen) atoms. The molecular weight excluding hydrogens is 384 g/mol. The summed E-state index contributed by atoms with van der Waals surface area (Å²) in [6.45, 7) is 9.12. The molecule has 1 heterocycles. The maximum Gasteiger partial charge on any atom is 0.339 e. The van der Waals surface area contributed by atoms with E-state index in [0.29, 0.717) is 10.3 Å². The lowest BCUT2D eigenvalue weighted by atomic mass is 10.1. The Kier molecular flexibility index (Phi) is 5.62. The van der Waals surface area contributed by atoms with E-state index >= 15 is 0 Å². The van der Waals surface area contributed by atoms with Crippen LogP contribution in [0.3, 0.4) is 0 Å². The molecule has 2 aromatic rings. The Bertz CT molecular complexity index is 806. The van der Waals surface area contributed by atoms with Gasteiger partial charge in [-0.2, -0.15) is 0 Å². The summed E-state index contributed by atoms with van der Waals surface area (Å²) in [6.07, 6.45) is 0. The van der Waals surface area contributed by atoms with Crippen LogP contribution in [-0.2, 0) is 4.74 Å². The Morgan fingerprint density at radius 2 is 1.76 bits per heavy atom. The molecule has 0 atom stereocenters. The second-order valence-corrected chi connectivity index (χ2v) is 7.73. The van der Waals surface area contributed by atoms with E-state index in [9.17, 15) is 9.59 Å². The van der Waals surface area contributed by atoms with Gasteiger partial charge in [0.1, 0.15) is 11.4 Å². The number of aryl methyl sites for hydroxylation is 2. The summed E-state index contributed by atoms with van der Waals surface area (Å²) in [6, 6.07) is 8.56. The van der Waals surface area contributed by atoms with Gasteiger partial charge in [0.15, 0.2) is 0 Å². The largest absolute Gasteiger partial charge is 0.456 e. The number of anilines is 1. The van der Waals surface area contributed by atoms with Crippen LogP contribution >= 0.6 is 15.9 Å². The van der Waals surface area contributed by atoms with Crippen molar-refractivity contribution in [2.24, 2.45) is 0 Å². The number of ether oxygens (including phenoxy) is 1. The predicted octanol–water partition coefficient (Wildman–Crippen LogP) is 4.67. The molecule has 5 nitrogen and oxygen atoms in total. The molecular formula is C19H21BrN2O3. The summed E-state index contributed by atoms with van der Waals surface area (Å²) in [7, 11) is 0. The van der Waals surface area contributed by atoms with Gasteiger partial charge in [0.2, 0.25) is 0 Å². The quantitative estimate of drug-likeness (QED) is 0.754. The highest BCUT2D eigenvalue weighted by Crippen LogP contribution is 2.21. The van der Waals surface area contributed by atoms with E-state index in [4.69, 9.17) is 4.74 Å². The minimum atomic E-state index is -0.646. The molecule has 0 aliphatic rings. The minimum absolute atomic E-state index is 0.208. The predicted molar refractivity (Wildman–Crippen MR) is 101 cm³/mol. The minimum Gasteiger partial charge on any atom is -0.456 e. The number of pyridine rings is 1. The number of nitrogens with zero attached hydrogens (tertiary/aromatic N) is 1. The van der Waals surface area contributed by atoms with Crippen molar-refractivity contribution in [2.75, 3.05) is 5.32 Å². The average molecular weight is 405 g/mol. The molecule has 0 bridgehead atoms. The van der Waals surface area contributed by atoms with Crippen LogP contribution in [0.5, 0.6) is 0 Å². The van der Waals surface area contributed by atoms with Crippen molar-refractivity contribution in [1.82, 2.24) is 4.98 Å². The number of carbonyl (C=O) groups excluding carboxylic acids is 2. The van der Waals surface area contributed by atoms with E-state index in [0.717, 1.165) is 11.3 Å². The van der Waals surface area contributed by atoms with E-state index in [1.54, 1.807) is 45.0 Å². The van der Waals surface area contributed by atoms with Crippen LogP contribution in [0.2, 0.25) is 0 Å². The van der Waals surface area contributed by atoms with Crippen molar-refractivity contribution in [1.29, 1.82) is 0 Å². The van der Waals surface area contributed by atoms with Crippen molar-refractivity contribution >= 4 is 33.6 Å². The zero-order chi connectivity index (χ0) is 18.8. The Balaban J connectivity index is 2.35. The van der Waals surface area contributed by atoms with Gasteiger partial charge in [0.05, 0.1) is 11.1 Å². The molecule has 2 rings (SSSR count). The number of halogens is 1. The van der Waals surface area contributed by atoms with Gasteiger partial charge in [0, 0.05) is 10.2 Å². The summed E-state index contributed by atoms with van der Waals surface area (Å²) < 4.78 is 6.09. The summed E-state index contributed by atoms with van der Waals surface area (Å²) in [5.74, 6) is -0.518. The lowest BCUT2D eigenvalue weighted by Gasteiger charge is -2.20. The fourth-order valence-electron chi connectivity index (χ4n) is 2.30. The van der Waals surface area contributed by atoms with Gasteiger partial charge in [-0.3, -0.25) is 4.79 Å². The van der Waals surface area contributed by atoms with Crippen molar-refractivity contribution in [3.63, 3.8) is 0 Å². The Hall–Kier alpha value is -2.21. The van der Waals surface area contributed by atoms with Crippen LogP contribution in [-0.4, -0.2) is 22.5 Å². The molecule has 6 heteroatoms. The van der Waals surface area contributed by atoms with Gasteiger partial charge in [-0.25, -0.2) is 9.78 Å². The average Bonchev–Trinajstić information content (AvgIpc) is 2.43. The van der Waals surface area contributed by atoms with Crippen molar-refractivity contribution < 1.29 is 14.3 Å². The smallest absolute Gasteiger partial charge is 0.339 e. The summed E-state index contributed by atoms with van der Waals surface area (Å²) in [5, 5.41) is 2.75. The SMILES string of the molecule is Cc1cc(C)nc(NC(=O)c2cc(Br)ccc2C(=O)OC(C)(C)C)c1. The molecule has 1 amide bonds. The standard InChI is InChI=1S/C19H21BrN2O3/c1-11-8-12(2)21-16(9-11)22-17(23)15-10-13(20)6-7-14(15)18(24)25-19(3,4)5/h6-10H,1-5H3,(H,21,22,23). The van der Waals surface area contributed by atoms with Gasteiger partial charge < -0.3 is 10.1 Å². The topological polar surface area (TPSA) is 68.3 Å². The van der Waals surface area contributed by atoms with Gasteiger partial charge in [0.25, 0.3) is 5.91 Å².